The minimum absolute atomic E-state index is 0.216. The first kappa shape index (κ1) is 15.4. The quantitative estimate of drug-likeness (QED) is 0.609. The molecule has 0 amide bonds. The molecule has 6 nitrogen and oxygen atoms in total. The van der Waals surface area contributed by atoms with Gasteiger partial charge in [0.25, 0.3) is 0 Å². The Balaban J connectivity index is 0.000000213. The molecule has 2 aromatic rings. The summed E-state index contributed by atoms with van der Waals surface area (Å²) in [6, 6.07) is 10.5. The highest BCUT2D eigenvalue weighted by Gasteiger charge is 2.15. The van der Waals surface area contributed by atoms with Crippen LogP contribution in [0.1, 0.15) is 18.9 Å². The second-order valence-electron chi connectivity index (χ2n) is 5.16. The molecule has 23 heavy (non-hydrogen) atoms. The maximum absolute atomic E-state index is 10.7. The first-order chi connectivity index (χ1) is 11.2. The molecule has 2 aromatic heterocycles. The van der Waals surface area contributed by atoms with E-state index in [1.165, 1.54) is 32.7 Å². The fourth-order valence-electron chi connectivity index (χ4n) is 2.28. The molecule has 0 saturated heterocycles. The molecule has 0 aromatic carbocycles. The van der Waals surface area contributed by atoms with Crippen molar-refractivity contribution in [2.75, 3.05) is 0 Å². The predicted octanol–water partition coefficient (Wildman–Crippen LogP) is 3.11. The number of carboxylic acids is 1. The number of hydrogen-bond acceptors (Lipinski definition) is 5. The molecule has 0 saturated carbocycles. The molecule has 2 aliphatic carbocycles. The number of carboxylic acid groups (broad SMARTS) is 1. The van der Waals surface area contributed by atoms with Gasteiger partial charge in [-0.1, -0.05) is 31.5 Å². The third-order valence-corrected chi connectivity index (χ3v) is 4.35. The SMILES string of the molecule is CCCc1ccsc1-c1nnnn1CC(=O)O.c1cc2cc-2c1. The van der Waals surface area contributed by atoms with E-state index in [9.17, 15) is 4.79 Å². The van der Waals surface area contributed by atoms with Crippen molar-refractivity contribution in [2.45, 2.75) is 26.3 Å². The number of aliphatic carboxylic acids is 1. The zero-order chi connectivity index (χ0) is 16.2. The lowest BCUT2D eigenvalue weighted by atomic mass is 10.1. The Bertz CT molecular complexity index is 808. The van der Waals surface area contributed by atoms with Gasteiger partial charge in [0.05, 0.1) is 4.88 Å². The average Bonchev–Trinajstić information content (AvgIpc) is 2.95. The van der Waals surface area contributed by atoms with Gasteiger partial charge in [0.2, 0.25) is 0 Å². The number of hydrogen-bond donors (Lipinski definition) is 1. The summed E-state index contributed by atoms with van der Waals surface area (Å²) in [5.74, 6) is -0.419. The van der Waals surface area contributed by atoms with Gasteiger partial charge in [-0.2, -0.15) is 0 Å². The van der Waals surface area contributed by atoms with Gasteiger partial charge in [0.15, 0.2) is 5.82 Å². The first-order valence-electron chi connectivity index (χ1n) is 7.34. The molecule has 0 aliphatic heterocycles. The third kappa shape index (κ3) is 3.62. The molecule has 0 bridgehead atoms. The molecule has 0 spiro atoms. The van der Waals surface area contributed by atoms with Gasteiger partial charge in [-0.05, 0) is 51.1 Å². The van der Waals surface area contributed by atoms with Gasteiger partial charge < -0.3 is 5.11 Å². The molecule has 4 rings (SSSR count). The Morgan fingerprint density at radius 3 is 2.65 bits per heavy atom. The van der Waals surface area contributed by atoms with Crippen LogP contribution in [0, 0.1) is 0 Å². The Labute approximate surface area is 137 Å². The second kappa shape index (κ2) is 6.70. The Morgan fingerprint density at radius 2 is 2.09 bits per heavy atom. The van der Waals surface area contributed by atoms with Crippen LogP contribution in [0.25, 0.3) is 21.8 Å². The molecule has 0 atom stereocenters. The van der Waals surface area contributed by atoms with Crippen LogP contribution >= 0.6 is 11.3 Å². The van der Waals surface area contributed by atoms with E-state index in [1.54, 1.807) is 0 Å². The fraction of sp³-hybridized carbons (Fsp3) is 0.250. The normalized spacial score (nSPS) is 10.8. The molecule has 2 heterocycles. The number of carbonyl (C=O) groups is 1. The number of nitrogens with zero attached hydrogens (tertiary/aromatic N) is 4. The fourth-order valence-corrected chi connectivity index (χ4v) is 3.22. The van der Waals surface area contributed by atoms with Crippen LogP contribution < -0.4 is 0 Å². The molecule has 1 N–H and O–H groups in total. The second-order valence-corrected chi connectivity index (χ2v) is 6.08. The summed E-state index contributed by atoms with van der Waals surface area (Å²) in [5.41, 5.74) is 4.02. The highest BCUT2D eigenvalue weighted by atomic mass is 32.1. The number of fused-ring (bicyclic) bond motifs is 1. The van der Waals surface area contributed by atoms with Gasteiger partial charge in [-0.25, -0.2) is 4.68 Å². The molecular formula is C16H16N4O2S. The summed E-state index contributed by atoms with van der Waals surface area (Å²) in [5, 5.41) is 21.9. The number of thiophene rings is 1. The van der Waals surface area contributed by atoms with Crippen LogP contribution in [0.4, 0.5) is 0 Å². The van der Waals surface area contributed by atoms with Crippen molar-refractivity contribution in [3.63, 3.8) is 0 Å². The summed E-state index contributed by atoms with van der Waals surface area (Å²) in [6.45, 7) is 1.88. The van der Waals surface area contributed by atoms with E-state index < -0.39 is 5.97 Å². The average molecular weight is 328 g/mol. The maximum Gasteiger partial charge on any atom is 0.325 e. The van der Waals surface area contributed by atoms with E-state index in [2.05, 4.69) is 46.7 Å². The van der Waals surface area contributed by atoms with Crippen molar-refractivity contribution in [3.8, 4) is 21.8 Å². The van der Waals surface area contributed by atoms with Gasteiger partial charge in [0, 0.05) is 0 Å². The van der Waals surface area contributed by atoms with Gasteiger partial charge >= 0.3 is 5.97 Å². The Kier molecular flexibility index (Phi) is 4.47. The van der Waals surface area contributed by atoms with Crippen LogP contribution in [0.2, 0.25) is 0 Å². The minimum atomic E-state index is -0.952. The Morgan fingerprint density at radius 1 is 1.30 bits per heavy atom. The van der Waals surface area contributed by atoms with Gasteiger partial charge in [-0.15, -0.1) is 16.4 Å². The summed E-state index contributed by atoms with van der Waals surface area (Å²) >= 11 is 1.53. The van der Waals surface area contributed by atoms with Crippen molar-refractivity contribution in [2.24, 2.45) is 0 Å². The number of benzene rings is 1. The highest BCUT2D eigenvalue weighted by Crippen LogP contribution is 2.32. The number of tetrazole rings is 1. The molecule has 118 valence electrons. The van der Waals surface area contributed by atoms with Crippen molar-refractivity contribution in [1.29, 1.82) is 0 Å². The van der Waals surface area contributed by atoms with Gasteiger partial charge in [0.1, 0.15) is 6.54 Å². The van der Waals surface area contributed by atoms with Crippen LogP contribution in [-0.4, -0.2) is 31.3 Å². The molecule has 2 aliphatic rings. The lowest BCUT2D eigenvalue weighted by Crippen LogP contribution is -2.11. The smallest absolute Gasteiger partial charge is 0.325 e. The van der Waals surface area contributed by atoms with Crippen LogP contribution in [0.15, 0.2) is 35.7 Å². The van der Waals surface area contributed by atoms with E-state index >= 15 is 0 Å². The first-order valence-corrected chi connectivity index (χ1v) is 8.22. The lowest BCUT2D eigenvalue weighted by Gasteiger charge is -2.02. The van der Waals surface area contributed by atoms with Crippen molar-refractivity contribution < 1.29 is 9.90 Å². The van der Waals surface area contributed by atoms with E-state index in [0.29, 0.717) is 5.82 Å². The molecule has 7 heteroatoms. The topological polar surface area (TPSA) is 80.9 Å². The number of aromatic nitrogens is 4. The van der Waals surface area contributed by atoms with E-state index in [0.717, 1.165) is 17.7 Å². The third-order valence-electron chi connectivity index (χ3n) is 3.40. The van der Waals surface area contributed by atoms with E-state index in [-0.39, 0.29) is 6.54 Å². The zero-order valence-corrected chi connectivity index (χ0v) is 13.5. The van der Waals surface area contributed by atoms with E-state index in [1.807, 2.05) is 11.4 Å². The lowest BCUT2D eigenvalue weighted by molar-refractivity contribution is -0.137. The summed E-state index contributed by atoms with van der Waals surface area (Å²) in [7, 11) is 0. The monoisotopic (exact) mass is 328 g/mol. The predicted molar refractivity (Wildman–Crippen MR) is 88.2 cm³/mol. The minimum Gasteiger partial charge on any atom is -0.480 e. The highest BCUT2D eigenvalue weighted by molar-refractivity contribution is 7.13. The van der Waals surface area contributed by atoms with Crippen LogP contribution in [0.5, 0.6) is 0 Å². The summed E-state index contributed by atoms with van der Waals surface area (Å²) in [6.07, 6.45) is 1.98. The van der Waals surface area contributed by atoms with Crippen LogP contribution in [-0.2, 0) is 17.8 Å². The molecule has 0 unspecified atom stereocenters. The molecule has 0 radical (unpaired) electrons. The van der Waals surface area contributed by atoms with E-state index in [4.69, 9.17) is 5.11 Å². The molecule has 0 fully saturated rings. The maximum atomic E-state index is 10.7. The van der Waals surface area contributed by atoms with Crippen molar-refractivity contribution in [1.82, 2.24) is 20.2 Å². The van der Waals surface area contributed by atoms with Crippen molar-refractivity contribution >= 4 is 17.3 Å². The standard InChI is InChI=1S/C10H12N4O2S.C6H4/c1-2-3-7-4-5-17-9(7)10-11-12-13-14(10)6-8(15)16;1-2-5-4-6(5)3-1/h4-5H,2-3,6H2,1H3,(H,15,16);1-4H. The van der Waals surface area contributed by atoms with Gasteiger partial charge in [-0.3, -0.25) is 4.79 Å². The number of aryl methyl sites for hydroxylation is 1. The van der Waals surface area contributed by atoms with Crippen LogP contribution in [0.3, 0.4) is 0 Å². The molecular weight excluding hydrogens is 312 g/mol. The Hall–Kier alpha value is -2.54. The zero-order valence-electron chi connectivity index (χ0n) is 12.6. The number of rotatable bonds is 5. The largest absolute Gasteiger partial charge is 0.480 e. The van der Waals surface area contributed by atoms with Crippen molar-refractivity contribution in [3.05, 3.63) is 41.3 Å². The summed E-state index contributed by atoms with van der Waals surface area (Å²) in [4.78, 5) is 11.6. The summed E-state index contributed by atoms with van der Waals surface area (Å²) < 4.78 is 1.31.